The lowest BCUT2D eigenvalue weighted by atomic mass is 10.2. The molecule has 1 atom stereocenters. The van der Waals surface area contributed by atoms with Gasteiger partial charge in [0.05, 0.1) is 6.07 Å². The minimum Gasteiger partial charge on any atom is -0.403 e. The number of nitro groups is 1. The predicted octanol–water partition coefficient (Wildman–Crippen LogP) is 3.41. The molecule has 0 bridgehead atoms. The van der Waals surface area contributed by atoms with Gasteiger partial charge in [0.1, 0.15) is 15.7 Å². The van der Waals surface area contributed by atoms with Crippen LogP contribution in [-0.2, 0) is 6.42 Å². The molecule has 1 unspecified atom stereocenters. The zero-order valence-electron chi connectivity index (χ0n) is 12.2. The number of hydrogen-bond donors (Lipinski definition) is 0. The lowest BCUT2D eigenvalue weighted by Gasteiger charge is -2.23. The fourth-order valence-corrected chi connectivity index (χ4v) is 4.74. The van der Waals surface area contributed by atoms with Crippen molar-refractivity contribution < 1.29 is 9.34 Å². The quantitative estimate of drug-likeness (QED) is 0.598. The van der Waals surface area contributed by atoms with Crippen LogP contribution >= 0.6 is 23.5 Å². The van der Waals surface area contributed by atoms with Crippen LogP contribution in [0.15, 0.2) is 32.1 Å². The smallest absolute Gasteiger partial charge is 0.403 e. The van der Waals surface area contributed by atoms with Crippen molar-refractivity contribution in [2.24, 2.45) is 0 Å². The third-order valence-corrected chi connectivity index (χ3v) is 5.77. The lowest BCUT2D eigenvalue weighted by molar-refractivity contribution is -0.402. The monoisotopic (exact) mass is 351 g/mol. The molecule has 0 fully saturated rings. The maximum Gasteiger partial charge on any atom is 0.433 e. The third kappa shape index (κ3) is 2.32. The van der Waals surface area contributed by atoms with Crippen molar-refractivity contribution in [3.8, 4) is 0 Å². The first-order valence-electron chi connectivity index (χ1n) is 7.20. The minimum absolute atomic E-state index is 0.177. The van der Waals surface area contributed by atoms with Crippen molar-refractivity contribution in [3.63, 3.8) is 0 Å². The molecular weight excluding hydrogens is 338 g/mol. The summed E-state index contributed by atoms with van der Waals surface area (Å²) in [6.45, 7) is 2.14. The number of nitrogens with zero attached hydrogens (tertiary/aromatic N) is 5. The summed E-state index contributed by atoms with van der Waals surface area (Å²) in [7, 11) is 0. The molecule has 2 aliphatic rings. The number of hydrogen-bond acceptors (Lipinski definition) is 8. The Morgan fingerprint density at radius 1 is 1.43 bits per heavy atom. The van der Waals surface area contributed by atoms with E-state index in [1.807, 2.05) is 10.1 Å². The Morgan fingerprint density at radius 2 is 2.30 bits per heavy atom. The Labute approximate surface area is 140 Å². The summed E-state index contributed by atoms with van der Waals surface area (Å²) in [6, 6.07) is 3.05. The number of aromatic nitrogens is 3. The number of furan rings is 1. The van der Waals surface area contributed by atoms with E-state index in [2.05, 4.69) is 22.1 Å². The zero-order valence-corrected chi connectivity index (χ0v) is 13.8. The molecule has 8 nitrogen and oxygen atoms in total. The molecule has 4 heterocycles. The number of rotatable bonds is 5. The van der Waals surface area contributed by atoms with Crippen molar-refractivity contribution in [3.05, 3.63) is 44.3 Å². The van der Waals surface area contributed by atoms with Gasteiger partial charge in [-0.05, 0) is 24.2 Å². The highest BCUT2D eigenvalue weighted by atomic mass is 32.2. The number of aryl methyl sites for hydroxylation is 1. The highest BCUT2D eigenvalue weighted by Crippen LogP contribution is 2.51. The second kappa shape index (κ2) is 5.60. The predicted molar refractivity (Wildman–Crippen MR) is 86.5 cm³/mol. The first-order chi connectivity index (χ1) is 11.2. The Hall–Kier alpha value is -1.94. The van der Waals surface area contributed by atoms with Gasteiger partial charge in [-0.1, -0.05) is 25.1 Å². The van der Waals surface area contributed by atoms with E-state index in [4.69, 9.17) is 4.42 Å². The fraction of sp³-hybridized carbons (Fsp3) is 0.385. The second-order valence-electron chi connectivity index (χ2n) is 5.14. The maximum atomic E-state index is 10.8. The van der Waals surface area contributed by atoms with Gasteiger partial charge in [0.25, 0.3) is 0 Å². The molecule has 0 radical (unpaired) electrons. The summed E-state index contributed by atoms with van der Waals surface area (Å²) >= 11 is 3.11. The average molecular weight is 351 g/mol. The maximum absolute atomic E-state index is 10.8. The molecular formula is C13H13N5O3S2. The first-order valence-corrected chi connectivity index (χ1v) is 8.96. The zero-order chi connectivity index (χ0) is 16.0. The highest BCUT2D eigenvalue weighted by molar-refractivity contribution is 8.07. The van der Waals surface area contributed by atoms with Gasteiger partial charge < -0.3 is 4.42 Å². The largest absolute Gasteiger partial charge is 0.433 e. The van der Waals surface area contributed by atoms with Crippen LogP contribution in [0, 0.1) is 10.1 Å². The van der Waals surface area contributed by atoms with Gasteiger partial charge in [-0.3, -0.25) is 10.1 Å². The van der Waals surface area contributed by atoms with E-state index >= 15 is 0 Å². The standard InChI is InChI=1S/C13H13N5O3S2/c1-2-3-4-9-14-15-13-16(9)17-11(23-13)7-22-12(17)8-5-6-10(21-8)18(19)20/h5-7,12H,2-4H2,1H3. The molecule has 0 spiro atoms. The first kappa shape index (κ1) is 14.6. The van der Waals surface area contributed by atoms with Crippen LogP contribution in [-0.4, -0.2) is 19.8 Å². The molecule has 10 heteroatoms. The Morgan fingerprint density at radius 3 is 3.04 bits per heavy atom. The van der Waals surface area contributed by atoms with Gasteiger partial charge in [0, 0.05) is 11.8 Å². The molecule has 2 aromatic heterocycles. The number of thioether (sulfide) groups is 2. The van der Waals surface area contributed by atoms with Crippen molar-refractivity contribution >= 4 is 29.4 Å². The van der Waals surface area contributed by atoms with Crippen molar-refractivity contribution in [1.82, 2.24) is 14.9 Å². The van der Waals surface area contributed by atoms with Crippen LogP contribution in [0.5, 0.6) is 0 Å². The summed E-state index contributed by atoms with van der Waals surface area (Å²) in [4.78, 5) is 10.3. The van der Waals surface area contributed by atoms with Crippen LogP contribution in [0.1, 0.15) is 36.7 Å². The van der Waals surface area contributed by atoms with Gasteiger partial charge in [0.2, 0.25) is 5.16 Å². The van der Waals surface area contributed by atoms with Crippen LogP contribution in [0.4, 0.5) is 5.88 Å². The molecule has 0 N–H and O–H groups in total. The van der Waals surface area contributed by atoms with Crippen molar-refractivity contribution in [1.29, 1.82) is 0 Å². The van der Waals surface area contributed by atoms with Gasteiger partial charge in [-0.25, -0.2) is 9.69 Å². The Kier molecular flexibility index (Phi) is 3.57. The van der Waals surface area contributed by atoms with E-state index in [-0.39, 0.29) is 11.3 Å². The minimum atomic E-state index is -0.521. The van der Waals surface area contributed by atoms with Crippen LogP contribution in [0.25, 0.3) is 0 Å². The molecule has 2 aromatic rings. The Bertz CT molecular complexity index is 799. The topological polar surface area (TPSA) is 90.2 Å². The van der Waals surface area contributed by atoms with E-state index < -0.39 is 4.92 Å². The SMILES string of the molecule is CCCCc1nnc2n1N1C(=CSC1c1ccc([N+](=O)[O-])o1)S2. The van der Waals surface area contributed by atoms with Gasteiger partial charge >= 0.3 is 5.88 Å². The molecule has 4 rings (SSSR count). The average Bonchev–Trinajstić information content (AvgIpc) is 3.25. The fourth-order valence-electron chi connectivity index (χ4n) is 2.54. The van der Waals surface area contributed by atoms with Gasteiger partial charge in [-0.15, -0.1) is 10.2 Å². The molecule has 0 saturated heterocycles. The van der Waals surface area contributed by atoms with Crippen LogP contribution in [0.2, 0.25) is 0 Å². The second-order valence-corrected chi connectivity index (χ2v) is 7.08. The van der Waals surface area contributed by atoms with E-state index in [9.17, 15) is 10.1 Å². The van der Waals surface area contributed by atoms with Gasteiger partial charge in [0.15, 0.2) is 11.2 Å². The Balaban J connectivity index is 1.67. The third-order valence-electron chi connectivity index (χ3n) is 3.62. The summed E-state index contributed by atoms with van der Waals surface area (Å²) in [5.74, 6) is 1.22. The lowest BCUT2D eigenvalue weighted by Crippen LogP contribution is -2.30. The summed E-state index contributed by atoms with van der Waals surface area (Å²) < 4.78 is 7.40. The summed E-state index contributed by atoms with van der Waals surface area (Å²) in [6.07, 6.45) is 2.98. The molecule has 0 amide bonds. The van der Waals surface area contributed by atoms with Crippen LogP contribution < -0.4 is 5.01 Å². The van der Waals surface area contributed by atoms with Gasteiger partial charge in [-0.2, -0.15) is 0 Å². The summed E-state index contributed by atoms with van der Waals surface area (Å²) in [5, 5.41) is 25.1. The summed E-state index contributed by atoms with van der Waals surface area (Å²) in [5.41, 5.74) is 0. The molecule has 0 aromatic carbocycles. The number of unbranched alkanes of at least 4 members (excludes halogenated alkanes) is 1. The molecule has 120 valence electrons. The van der Waals surface area contributed by atoms with E-state index in [1.54, 1.807) is 29.6 Å². The van der Waals surface area contributed by atoms with E-state index in [1.165, 1.54) is 6.07 Å². The molecule has 0 saturated carbocycles. The van der Waals surface area contributed by atoms with E-state index in [0.717, 1.165) is 35.3 Å². The normalized spacial score (nSPS) is 18.9. The highest BCUT2D eigenvalue weighted by Gasteiger charge is 2.41. The molecule has 23 heavy (non-hydrogen) atoms. The number of fused-ring (bicyclic) bond motifs is 3. The van der Waals surface area contributed by atoms with E-state index in [0.29, 0.717) is 5.76 Å². The van der Waals surface area contributed by atoms with Crippen molar-refractivity contribution in [2.45, 2.75) is 36.7 Å². The molecule has 0 aliphatic carbocycles. The van der Waals surface area contributed by atoms with Crippen LogP contribution in [0.3, 0.4) is 0 Å². The van der Waals surface area contributed by atoms with Crippen molar-refractivity contribution in [2.75, 3.05) is 5.01 Å². The molecule has 2 aliphatic heterocycles.